The molecule has 0 saturated heterocycles. The molecule has 0 saturated carbocycles. The van der Waals surface area contributed by atoms with Crippen LogP contribution >= 0.6 is 0 Å². The van der Waals surface area contributed by atoms with Crippen LogP contribution in [-0.4, -0.2) is 0 Å². The summed E-state index contributed by atoms with van der Waals surface area (Å²) in [5, 5.41) is 11.7. The quantitative estimate of drug-likeness (QED) is 0.555. The molecule has 0 fully saturated rings. The molecule has 3 aromatic carbocycles. The zero-order valence-electron chi connectivity index (χ0n) is 14.8. The zero-order valence-corrected chi connectivity index (χ0v) is 14.8. The van der Waals surface area contributed by atoms with Crippen molar-refractivity contribution in [2.24, 2.45) is 5.92 Å². The summed E-state index contributed by atoms with van der Waals surface area (Å²) >= 11 is 0. The highest BCUT2D eigenvalue weighted by Gasteiger charge is 2.19. The Morgan fingerprint density at radius 3 is 2.56 bits per heavy atom. The van der Waals surface area contributed by atoms with Gasteiger partial charge in [-0.25, -0.2) is 0 Å². The average molecular weight is 325 g/mol. The van der Waals surface area contributed by atoms with Crippen molar-refractivity contribution in [2.75, 3.05) is 0 Å². The van der Waals surface area contributed by atoms with Gasteiger partial charge in [-0.3, -0.25) is 0 Å². The fraction of sp³-hybridized carbons (Fsp3) is 0.292. The maximum atomic E-state index is 8.96. The summed E-state index contributed by atoms with van der Waals surface area (Å²) in [6.45, 7) is 2.29. The monoisotopic (exact) mass is 325 g/mol. The number of aryl methyl sites for hydroxylation is 1. The lowest BCUT2D eigenvalue weighted by molar-refractivity contribution is 0.424. The minimum absolute atomic E-state index is 0.709. The van der Waals surface area contributed by atoms with Crippen LogP contribution in [-0.2, 0) is 12.8 Å². The molecule has 0 radical (unpaired) electrons. The second-order valence-electron chi connectivity index (χ2n) is 7.23. The van der Waals surface area contributed by atoms with Crippen LogP contribution in [0.4, 0.5) is 0 Å². The largest absolute Gasteiger partial charge is 0.192 e. The van der Waals surface area contributed by atoms with Crippen LogP contribution in [0.3, 0.4) is 0 Å². The molecule has 0 aliphatic heterocycles. The lowest BCUT2D eigenvalue weighted by atomic mass is 9.79. The first-order valence-electron chi connectivity index (χ1n) is 9.33. The van der Waals surface area contributed by atoms with E-state index < -0.39 is 0 Å². The molecule has 0 spiro atoms. The highest BCUT2D eigenvalue weighted by molar-refractivity contribution is 5.91. The Morgan fingerprint density at radius 1 is 1.00 bits per heavy atom. The smallest absolute Gasteiger partial charge is 0.0991 e. The summed E-state index contributed by atoms with van der Waals surface area (Å²) in [6, 6.07) is 21.5. The zero-order chi connectivity index (χ0) is 17.2. The molecule has 1 heteroatoms. The summed E-state index contributed by atoms with van der Waals surface area (Å²) in [6.07, 6.45) is 6.44. The van der Waals surface area contributed by atoms with Gasteiger partial charge in [0.05, 0.1) is 11.6 Å². The van der Waals surface area contributed by atoms with Gasteiger partial charge in [-0.15, -0.1) is 0 Å². The van der Waals surface area contributed by atoms with Gasteiger partial charge < -0.3 is 0 Å². The van der Waals surface area contributed by atoms with Crippen molar-refractivity contribution in [3.8, 4) is 17.2 Å². The van der Waals surface area contributed by atoms with Crippen molar-refractivity contribution in [1.29, 1.82) is 5.26 Å². The summed E-state index contributed by atoms with van der Waals surface area (Å²) in [5.74, 6) is 0.868. The maximum absolute atomic E-state index is 8.96. The number of benzene rings is 3. The lowest BCUT2D eigenvalue weighted by Gasteiger charge is -2.25. The predicted molar refractivity (Wildman–Crippen MR) is 105 cm³/mol. The molecule has 3 aromatic rings. The summed E-state index contributed by atoms with van der Waals surface area (Å²) in [7, 11) is 0. The normalized spacial score (nSPS) is 16.4. The average Bonchev–Trinajstić information content (AvgIpc) is 2.67. The molecule has 1 aliphatic rings. The van der Waals surface area contributed by atoms with Gasteiger partial charge in [0.25, 0.3) is 0 Å². The molecule has 1 nitrogen and oxygen atoms in total. The topological polar surface area (TPSA) is 23.8 Å². The van der Waals surface area contributed by atoms with Crippen LogP contribution in [0.5, 0.6) is 0 Å². The van der Waals surface area contributed by atoms with E-state index >= 15 is 0 Å². The number of hydrogen-bond donors (Lipinski definition) is 0. The third-order valence-electron chi connectivity index (χ3n) is 5.58. The highest BCUT2D eigenvalue weighted by atomic mass is 14.2. The van der Waals surface area contributed by atoms with E-state index in [4.69, 9.17) is 5.26 Å². The van der Waals surface area contributed by atoms with E-state index in [1.807, 2.05) is 24.3 Å². The van der Waals surface area contributed by atoms with Gasteiger partial charge in [-0.1, -0.05) is 56.2 Å². The minimum atomic E-state index is 0.709. The van der Waals surface area contributed by atoms with Crippen LogP contribution in [0.1, 0.15) is 42.9 Å². The van der Waals surface area contributed by atoms with Gasteiger partial charge in [0.15, 0.2) is 0 Å². The van der Waals surface area contributed by atoms with E-state index in [9.17, 15) is 0 Å². The van der Waals surface area contributed by atoms with E-state index in [1.165, 1.54) is 54.0 Å². The Bertz CT molecular complexity index is 944. The molecule has 0 heterocycles. The molecule has 1 aliphatic carbocycles. The number of fused-ring (bicyclic) bond motifs is 3. The van der Waals surface area contributed by atoms with Crippen LogP contribution in [0, 0.1) is 17.2 Å². The van der Waals surface area contributed by atoms with Crippen molar-refractivity contribution in [1.82, 2.24) is 0 Å². The molecular weight excluding hydrogens is 302 g/mol. The first-order chi connectivity index (χ1) is 12.3. The van der Waals surface area contributed by atoms with Crippen molar-refractivity contribution in [3.63, 3.8) is 0 Å². The lowest BCUT2D eigenvalue weighted by Crippen LogP contribution is -2.14. The first kappa shape index (κ1) is 15.9. The van der Waals surface area contributed by atoms with Gasteiger partial charge in [-0.05, 0) is 76.4 Å². The molecule has 0 amide bonds. The Morgan fingerprint density at radius 2 is 1.80 bits per heavy atom. The standard InChI is InChI=1S/C24H23N/c1-2-3-17-6-12-23-21(14-17)9-10-22-15-20(11-13-24(22)23)19-7-4-18(16-25)5-8-19/h4-5,7-11,13,15,17H,2-3,6,12,14H2,1H3. The van der Waals surface area contributed by atoms with Crippen LogP contribution in [0.2, 0.25) is 0 Å². The number of rotatable bonds is 3. The molecule has 4 rings (SSSR count). The Labute approximate surface area is 149 Å². The Kier molecular flexibility index (Phi) is 4.28. The van der Waals surface area contributed by atoms with E-state index in [1.54, 1.807) is 11.1 Å². The van der Waals surface area contributed by atoms with E-state index in [0.29, 0.717) is 5.56 Å². The van der Waals surface area contributed by atoms with Crippen LogP contribution in [0.15, 0.2) is 54.6 Å². The predicted octanol–water partition coefficient (Wildman–Crippen LogP) is 6.28. The molecule has 25 heavy (non-hydrogen) atoms. The van der Waals surface area contributed by atoms with Crippen molar-refractivity contribution in [2.45, 2.75) is 39.0 Å². The van der Waals surface area contributed by atoms with E-state index in [0.717, 1.165) is 5.92 Å². The molecule has 124 valence electrons. The minimum Gasteiger partial charge on any atom is -0.192 e. The third-order valence-corrected chi connectivity index (χ3v) is 5.58. The second-order valence-corrected chi connectivity index (χ2v) is 7.23. The van der Waals surface area contributed by atoms with Crippen molar-refractivity contribution >= 4 is 10.8 Å². The van der Waals surface area contributed by atoms with Gasteiger partial charge in [0.1, 0.15) is 0 Å². The summed E-state index contributed by atoms with van der Waals surface area (Å²) < 4.78 is 0. The fourth-order valence-electron chi connectivity index (χ4n) is 4.26. The molecular formula is C24H23N. The van der Waals surface area contributed by atoms with Gasteiger partial charge >= 0.3 is 0 Å². The third kappa shape index (κ3) is 3.05. The maximum Gasteiger partial charge on any atom is 0.0991 e. The Balaban J connectivity index is 1.71. The van der Waals surface area contributed by atoms with Crippen molar-refractivity contribution < 1.29 is 0 Å². The van der Waals surface area contributed by atoms with Crippen molar-refractivity contribution in [3.05, 3.63) is 71.3 Å². The molecule has 1 atom stereocenters. The second kappa shape index (κ2) is 6.73. The summed E-state index contributed by atoms with van der Waals surface area (Å²) in [5.41, 5.74) is 6.22. The summed E-state index contributed by atoms with van der Waals surface area (Å²) in [4.78, 5) is 0. The number of nitriles is 1. The van der Waals surface area contributed by atoms with E-state index in [-0.39, 0.29) is 0 Å². The highest BCUT2D eigenvalue weighted by Crippen LogP contribution is 2.35. The molecule has 0 N–H and O–H groups in total. The Hall–Kier alpha value is -2.59. The molecule has 0 aromatic heterocycles. The fourth-order valence-corrected chi connectivity index (χ4v) is 4.26. The number of nitrogens with zero attached hydrogens (tertiary/aromatic N) is 1. The SMILES string of the molecule is CCCC1CCc2c(ccc3cc(-c4ccc(C#N)cc4)ccc23)C1. The first-order valence-corrected chi connectivity index (χ1v) is 9.33. The van der Waals surface area contributed by atoms with Crippen LogP contribution in [0.25, 0.3) is 21.9 Å². The van der Waals surface area contributed by atoms with Gasteiger partial charge in [-0.2, -0.15) is 5.26 Å². The van der Waals surface area contributed by atoms with Crippen LogP contribution < -0.4 is 0 Å². The molecule has 1 unspecified atom stereocenters. The number of hydrogen-bond acceptors (Lipinski definition) is 1. The van der Waals surface area contributed by atoms with Gasteiger partial charge in [0.2, 0.25) is 0 Å². The van der Waals surface area contributed by atoms with Gasteiger partial charge in [0, 0.05) is 0 Å². The van der Waals surface area contributed by atoms with E-state index in [2.05, 4.69) is 43.3 Å². The molecule has 0 bridgehead atoms.